The topological polar surface area (TPSA) is 6.48 Å². The van der Waals surface area contributed by atoms with Crippen LogP contribution in [0.3, 0.4) is 0 Å². The van der Waals surface area contributed by atoms with Crippen LogP contribution in [-0.2, 0) is 12.8 Å². The standard InChI is InChI=1S/C25H26N2/c1-19-18-24(23-15-9-17-26-16-8-14-22(19)25(23)26)27(20-10-4-2-5-11-20)21-12-6-3-7-13-21/h2-7,10-13,18H,8-9,14-17H2,1H3. The molecule has 3 aromatic carbocycles. The lowest BCUT2D eigenvalue weighted by Crippen LogP contribution is -2.35. The van der Waals surface area contributed by atoms with Gasteiger partial charge in [0.05, 0.1) is 5.69 Å². The first-order valence-electron chi connectivity index (χ1n) is 10.1. The van der Waals surface area contributed by atoms with Crippen LogP contribution in [0.1, 0.15) is 29.5 Å². The summed E-state index contributed by atoms with van der Waals surface area (Å²) in [5, 5.41) is 0. The molecule has 2 nitrogen and oxygen atoms in total. The minimum absolute atomic E-state index is 1.17. The Kier molecular flexibility index (Phi) is 4.12. The molecule has 5 rings (SSSR count). The van der Waals surface area contributed by atoms with E-state index in [1.807, 2.05) is 0 Å². The monoisotopic (exact) mass is 354 g/mol. The van der Waals surface area contributed by atoms with Crippen molar-refractivity contribution in [1.82, 2.24) is 0 Å². The first-order chi connectivity index (χ1) is 13.3. The largest absolute Gasteiger partial charge is 0.371 e. The first-order valence-corrected chi connectivity index (χ1v) is 10.1. The van der Waals surface area contributed by atoms with Gasteiger partial charge in [-0.15, -0.1) is 0 Å². The molecule has 2 aliphatic heterocycles. The van der Waals surface area contributed by atoms with Gasteiger partial charge in [0.25, 0.3) is 0 Å². The van der Waals surface area contributed by atoms with Crippen molar-refractivity contribution >= 4 is 22.7 Å². The summed E-state index contributed by atoms with van der Waals surface area (Å²) in [6.07, 6.45) is 4.93. The van der Waals surface area contributed by atoms with E-state index in [4.69, 9.17) is 0 Å². The SMILES string of the molecule is Cc1cc(N(c2ccccc2)c2ccccc2)c2c3c1CCCN3CCC2. The van der Waals surface area contributed by atoms with E-state index in [2.05, 4.69) is 83.5 Å². The van der Waals surface area contributed by atoms with Gasteiger partial charge in [-0.05, 0) is 79.6 Å². The zero-order valence-corrected chi connectivity index (χ0v) is 16.0. The molecule has 0 spiro atoms. The number of benzene rings is 3. The third-order valence-corrected chi connectivity index (χ3v) is 6.01. The van der Waals surface area contributed by atoms with Gasteiger partial charge in [-0.3, -0.25) is 0 Å². The fraction of sp³-hybridized carbons (Fsp3) is 0.280. The third kappa shape index (κ3) is 2.80. The van der Waals surface area contributed by atoms with Gasteiger partial charge in [0.1, 0.15) is 0 Å². The molecule has 136 valence electrons. The van der Waals surface area contributed by atoms with Crippen molar-refractivity contribution in [2.75, 3.05) is 22.9 Å². The highest BCUT2D eigenvalue weighted by Gasteiger charge is 2.29. The van der Waals surface area contributed by atoms with Crippen LogP contribution in [0, 0.1) is 6.92 Å². The van der Waals surface area contributed by atoms with Gasteiger partial charge in [0.15, 0.2) is 0 Å². The second-order valence-corrected chi connectivity index (χ2v) is 7.72. The molecule has 0 saturated heterocycles. The molecular weight excluding hydrogens is 328 g/mol. The quantitative estimate of drug-likeness (QED) is 0.555. The molecule has 3 aromatic rings. The Morgan fingerprint density at radius 1 is 0.741 bits per heavy atom. The second-order valence-electron chi connectivity index (χ2n) is 7.72. The summed E-state index contributed by atoms with van der Waals surface area (Å²) in [5.74, 6) is 0. The molecule has 2 aliphatic rings. The normalized spacial score (nSPS) is 15.4. The van der Waals surface area contributed by atoms with Crippen LogP contribution in [0.5, 0.6) is 0 Å². The highest BCUT2D eigenvalue weighted by Crippen LogP contribution is 2.46. The lowest BCUT2D eigenvalue weighted by atomic mass is 9.87. The maximum atomic E-state index is 2.64. The predicted octanol–water partition coefficient (Wildman–Crippen LogP) is 6.16. The Balaban J connectivity index is 1.76. The van der Waals surface area contributed by atoms with Crippen LogP contribution in [-0.4, -0.2) is 13.1 Å². The Hall–Kier alpha value is -2.74. The molecular formula is C25H26N2. The van der Waals surface area contributed by atoms with Gasteiger partial charge in [0.2, 0.25) is 0 Å². The van der Waals surface area contributed by atoms with Crippen LogP contribution in [0.4, 0.5) is 22.7 Å². The lowest BCUT2D eigenvalue weighted by molar-refractivity contribution is 0.632. The molecule has 27 heavy (non-hydrogen) atoms. The minimum atomic E-state index is 1.17. The van der Waals surface area contributed by atoms with Gasteiger partial charge in [-0.1, -0.05) is 36.4 Å². The highest BCUT2D eigenvalue weighted by molar-refractivity contribution is 5.84. The third-order valence-electron chi connectivity index (χ3n) is 6.01. The zero-order valence-electron chi connectivity index (χ0n) is 16.0. The van der Waals surface area contributed by atoms with Crippen molar-refractivity contribution in [3.8, 4) is 0 Å². The minimum Gasteiger partial charge on any atom is -0.371 e. The zero-order chi connectivity index (χ0) is 18.2. The van der Waals surface area contributed by atoms with Gasteiger partial charge in [-0.2, -0.15) is 0 Å². The maximum absolute atomic E-state index is 2.64. The average molecular weight is 354 g/mol. The fourth-order valence-corrected chi connectivity index (χ4v) is 4.82. The van der Waals surface area contributed by atoms with E-state index in [1.54, 1.807) is 11.3 Å². The van der Waals surface area contributed by atoms with Crippen molar-refractivity contribution in [1.29, 1.82) is 0 Å². The van der Waals surface area contributed by atoms with Crippen LogP contribution in [0.15, 0.2) is 66.7 Å². The molecule has 0 fully saturated rings. The van der Waals surface area contributed by atoms with Gasteiger partial charge in [-0.25, -0.2) is 0 Å². The number of aryl methyl sites for hydroxylation is 1. The van der Waals surface area contributed by atoms with Crippen molar-refractivity contribution in [2.24, 2.45) is 0 Å². The van der Waals surface area contributed by atoms with E-state index in [-0.39, 0.29) is 0 Å². The molecule has 2 heterocycles. The van der Waals surface area contributed by atoms with Crippen molar-refractivity contribution in [2.45, 2.75) is 32.6 Å². The van der Waals surface area contributed by atoms with Crippen LogP contribution >= 0.6 is 0 Å². The van der Waals surface area contributed by atoms with Gasteiger partial charge in [0, 0.05) is 30.2 Å². The molecule has 0 N–H and O–H groups in total. The van der Waals surface area contributed by atoms with Gasteiger partial charge >= 0.3 is 0 Å². The first kappa shape index (κ1) is 16.4. The van der Waals surface area contributed by atoms with E-state index in [0.29, 0.717) is 0 Å². The van der Waals surface area contributed by atoms with Crippen LogP contribution in [0.25, 0.3) is 0 Å². The highest BCUT2D eigenvalue weighted by atomic mass is 15.2. The second kappa shape index (κ2) is 6.77. The van der Waals surface area contributed by atoms with E-state index >= 15 is 0 Å². The number of nitrogens with zero attached hydrogens (tertiary/aromatic N) is 2. The van der Waals surface area contributed by atoms with Crippen LogP contribution < -0.4 is 9.80 Å². The van der Waals surface area contributed by atoms with Crippen molar-refractivity contribution in [3.63, 3.8) is 0 Å². The molecule has 0 aliphatic carbocycles. The summed E-state index contributed by atoms with van der Waals surface area (Å²) in [4.78, 5) is 5.09. The number of hydrogen-bond acceptors (Lipinski definition) is 2. The molecule has 0 radical (unpaired) electrons. The molecule has 0 amide bonds. The van der Waals surface area contributed by atoms with Crippen molar-refractivity contribution in [3.05, 3.63) is 83.4 Å². The molecule has 0 unspecified atom stereocenters. The predicted molar refractivity (Wildman–Crippen MR) is 115 cm³/mol. The molecule has 2 heteroatoms. The number of rotatable bonds is 3. The summed E-state index contributed by atoms with van der Waals surface area (Å²) in [5.41, 5.74) is 9.91. The summed E-state index contributed by atoms with van der Waals surface area (Å²) in [7, 11) is 0. The van der Waals surface area contributed by atoms with E-state index in [9.17, 15) is 0 Å². The number of hydrogen-bond donors (Lipinski definition) is 0. The molecule has 0 bridgehead atoms. The smallest absolute Gasteiger partial charge is 0.0517 e. The summed E-state index contributed by atoms with van der Waals surface area (Å²) in [6.45, 7) is 4.71. The maximum Gasteiger partial charge on any atom is 0.0517 e. The average Bonchev–Trinajstić information content (AvgIpc) is 2.73. The Morgan fingerprint density at radius 3 is 1.89 bits per heavy atom. The summed E-state index contributed by atoms with van der Waals surface area (Å²) < 4.78 is 0. The summed E-state index contributed by atoms with van der Waals surface area (Å²) in [6, 6.07) is 24.0. The number of para-hydroxylation sites is 2. The lowest BCUT2D eigenvalue weighted by Gasteiger charge is -2.40. The Morgan fingerprint density at radius 2 is 1.30 bits per heavy atom. The molecule has 0 saturated carbocycles. The van der Waals surface area contributed by atoms with E-state index < -0.39 is 0 Å². The molecule has 0 atom stereocenters. The van der Waals surface area contributed by atoms with Crippen molar-refractivity contribution < 1.29 is 0 Å². The fourth-order valence-electron chi connectivity index (χ4n) is 4.82. The van der Waals surface area contributed by atoms with E-state index in [0.717, 1.165) is 0 Å². The summed E-state index contributed by atoms with van der Waals surface area (Å²) >= 11 is 0. The molecule has 0 aromatic heterocycles. The Bertz CT molecular complexity index is 906. The van der Waals surface area contributed by atoms with Crippen LogP contribution in [0.2, 0.25) is 0 Å². The van der Waals surface area contributed by atoms with E-state index in [1.165, 1.54) is 67.0 Å². The van der Waals surface area contributed by atoms with Gasteiger partial charge < -0.3 is 9.80 Å². The Labute approximate surface area is 162 Å². The number of anilines is 4.